The van der Waals surface area contributed by atoms with Gasteiger partial charge in [-0.2, -0.15) is 0 Å². The molecule has 1 aliphatic heterocycles. The van der Waals surface area contributed by atoms with E-state index < -0.39 is 0 Å². The fourth-order valence-electron chi connectivity index (χ4n) is 2.54. The molecule has 0 radical (unpaired) electrons. The molecule has 1 aromatic carbocycles. The van der Waals surface area contributed by atoms with E-state index in [1.54, 1.807) is 0 Å². The van der Waals surface area contributed by atoms with Gasteiger partial charge in [-0.3, -0.25) is 0 Å². The molecule has 1 aliphatic rings. The van der Waals surface area contributed by atoms with Gasteiger partial charge in [0.1, 0.15) is 5.82 Å². The Bertz CT molecular complexity index is 578. The van der Waals surface area contributed by atoms with Gasteiger partial charge in [-0.1, -0.05) is 18.2 Å². The van der Waals surface area contributed by atoms with Crippen molar-refractivity contribution < 1.29 is 0 Å². The summed E-state index contributed by atoms with van der Waals surface area (Å²) in [6.45, 7) is 3.91. The lowest BCUT2D eigenvalue weighted by Crippen LogP contribution is -2.31. The zero-order valence-corrected chi connectivity index (χ0v) is 10.6. The Hall–Kier alpha value is -2.03. The normalized spacial score (nSPS) is 14.4. The molecule has 0 spiro atoms. The average molecular weight is 239 g/mol. The van der Waals surface area contributed by atoms with Crippen LogP contribution in [0, 0.1) is 6.92 Å². The van der Waals surface area contributed by atoms with Gasteiger partial charge in [0, 0.05) is 24.5 Å². The van der Waals surface area contributed by atoms with Crippen molar-refractivity contribution in [3.05, 3.63) is 53.2 Å². The Morgan fingerprint density at radius 2 is 2.00 bits per heavy atom. The van der Waals surface area contributed by atoms with Crippen LogP contribution < -0.4 is 10.6 Å². The molecule has 0 saturated heterocycles. The Labute approximate surface area is 107 Å². The minimum Gasteiger partial charge on any atom is -0.398 e. The van der Waals surface area contributed by atoms with Gasteiger partial charge in [-0.05, 0) is 42.7 Å². The van der Waals surface area contributed by atoms with Crippen LogP contribution in [0.15, 0.2) is 36.4 Å². The van der Waals surface area contributed by atoms with E-state index in [1.165, 1.54) is 11.1 Å². The van der Waals surface area contributed by atoms with E-state index in [1.807, 2.05) is 25.1 Å². The van der Waals surface area contributed by atoms with Crippen molar-refractivity contribution in [3.8, 4) is 0 Å². The highest BCUT2D eigenvalue weighted by Gasteiger charge is 2.18. The zero-order valence-electron chi connectivity index (χ0n) is 10.6. The van der Waals surface area contributed by atoms with Crippen molar-refractivity contribution in [3.63, 3.8) is 0 Å². The first kappa shape index (κ1) is 11.1. The molecular formula is C15H17N3. The van der Waals surface area contributed by atoms with Crippen LogP contribution in [0.1, 0.15) is 16.8 Å². The minimum atomic E-state index is 0.900. The number of nitrogen functional groups attached to an aromatic ring is 1. The first-order chi connectivity index (χ1) is 8.74. The highest BCUT2D eigenvalue weighted by molar-refractivity contribution is 5.55. The van der Waals surface area contributed by atoms with E-state index in [0.717, 1.165) is 36.7 Å². The molecule has 92 valence electrons. The lowest BCUT2D eigenvalue weighted by Gasteiger charge is -2.30. The predicted molar refractivity (Wildman–Crippen MR) is 74.6 cm³/mol. The molecule has 18 heavy (non-hydrogen) atoms. The summed E-state index contributed by atoms with van der Waals surface area (Å²) in [5, 5.41) is 0. The minimum absolute atomic E-state index is 0.900. The molecule has 0 saturated carbocycles. The maximum absolute atomic E-state index is 6.02. The second-order valence-corrected chi connectivity index (χ2v) is 4.79. The van der Waals surface area contributed by atoms with Crippen LogP contribution in [0.4, 0.5) is 11.5 Å². The summed E-state index contributed by atoms with van der Waals surface area (Å²) in [4.78, 5) is 6.90. The largest absolute Gasteiger partial charge is 0.398 e. The quantitative estimate of drug-likeness (QED) is 0.778. The smallest absolute Gasteiger partial charge is 0.129 e. The second-order valence-electron chi connectivity index (χ2n) is 4.79. The number of fused-ring (bicyclic) bond motifs is 1. The molecule has 3 heteroatoms. The highest BCUT2D eigenvalue weighted by atomic mass is 15.2. The number of anilines is 2. The molecule has 2 aromatic rings. The standard InChI is InChI=1S/C15H17N3/c1-11-4-2-7-15(17-11)18-9-8-13-12(10-18)5-3-6-14(13)16/h2-7H,8-10,16H2,1H3. The Morgan fingerprint density at radius 3 is 2.83 bits per heavy atom. The third-order valence-corrected chi connectivity index (χ3v) is 3.50. The van der Waals surface area contributed by atoms with Gasteiger partial charge in [0.15, 0.2) is 0 Å². The number of aryl methyl sites for hydroxylation is 1. The van der Waals surface area contributed by atoms with Gasteiger partial charge in [0.25, 0.3) is 0 Å². The lowest BCUT2D eigenvalue weighted by atomic mass is 9.98. The monoisotopic (exact) mass is 239 g/mol. The molecule has 3 nitrogen and oxygen atoms in total. The van der Waals surface area contributed by atoms with Crippen LogP contribution in [0.5, 0.6) is 0 Å². The van der Waals surface area contributed by atoms with Crippen molar-refractivity contribution >= 4 is 11.5 Å². The summed E-state index contributed by atoms with van der Waals surface area (Å²) >= 11 is 0. The number of aromatic nitrogens is 1. The number of pyridine rings is 1. The van der Waals surface area contributed by atoms with E-state index in [0.29, 0.717) is 0 Å². The molecule has 0 fully saturated rings. The topological polar surface area (TPSA) is 42.1 Å². The number of rotatable bonds is 1. The molecule has 0 unspecified atom stereocenters. The summed E-state index contributed by atoms with van der Waals surface area (Å²) in [7, 11) is 0. The average Bonchev–Trinajstić information content (AvgIpc) is 2.39. The first-order valence-electron chi connectivity index (χ1n) is 6.29. The van der Waals surface area contributed by atoms with Crippen molar-refractivity contribution in [2.24, 2.45) is 0 Å². The van der Waals surface area contributed by atoms with Crippen LogP contribution >= 0.6 is 0 Å². The first-order valence-corrected chi connectivity index (χ1v) is 6.29. The third kappa shape index (κ3) is 1.92. The van der Waals surface area contributed by atoms with Crippen LogP contribution in [0.25, 0.3) is 0 Å². The van der Waals surface area contributed by atoms with Crippen LogP contribution in [-0.4, -0.2) is 11.5 Å². The van der Waals surface area contributed by atoms with Gasteiger partial charge < -0.3 is 10.6 Å². The molecule has 0 bridgehead atoms. The van der Waals surface area contributed by atoms with Crippen molar-refractivity contribution in [2.45, 2.75) is 19.9 Å². The predicted octanol–water partition coefficient (Wildman–Crippen LogP) is 2.53. The van der Waals surface area contributed by atoms with E-state index >= 15 is 0 Å². The van der Waals surface area contributed by atoms with E-state index in [9.17, 15) is 0 Å². The lowest BCUT2D eigenvalue weighted by molar-refractivity contribution is 0.721. The van der Waals surface area contributed by atoms with E-state index in [-0.39, 0.29) is 0 Å². The number of nitrogens with two attached hydrogens (primary N) is 1. The highest BCUT2D eigenvalue weighted by Crippen LogP contribution is 2.26. The number of hydrogen-bond donors (Lipinski definition) is 1. The molecule has 2 N–H and O–H groups in total. The molecule has 1 aromatic heterocycles. The molecular weight excluding hydrogens is 222 g/mol. The molecule has 2 heterocycles. The van der Waals surface area contributed by atoms with Gasteiger partial charge in [0.2, 0.25) is 0 Å². The number of nitrogens with zero attached hydrogens (tertiary/aromatic N) is 2. The Kier molecular flexibility index (Phi) is 2.67. The van der Waals surface area contributed by atoms with Gasteiger partial charge in [-0.15, -0.1) is 0 Å². The molecule has 3 rings (SSSR count). The summed E-state index contributed by atoms with van der Waals surface area (Å²) in [6.07, 6.45) is 0.998. The van der Waals surface area contributed by atoms with E-state index in [4.69, 9.17) is 5.73 Å². The number of benzene rings is 1. The van der Waals surface area contributed by atoms with Crippen molar-refractivity contribution in [2.75, 3.05) is 17.2 Å². The van der Waals surface area contributed by atoms with Crippen LogP contribution in [0.3, 0.4) is 0 Å². The Morgan fingerprint density at radius 1 is 1.17 bits per heavy atom. The Balaban J connectivity index is 1.91. The van der Waals surface area contributed by atoms with Crippen LogP contribution in [0.2, 0.25) is 0 Å². The van der Waals surface area contributed by atoms with Gasteiger partial charge >= 0.3 is 0 Å². The maximum atomic E-state index is 6.02. The van der Waals surface area contributed by atoms with Crippen LogP contribution in [-0.2, 0) is 13.0 Å². The zero-order chi connectivity index (χ0) is 12.5. The summed E-state index contributed by atoms with van der Waals surface area (Å²) in [5.74, 6) is 1.06. The summed E-state index contributed by atoms with van der Waals surface area (Å²) in [6, 6.07) is 12.3. The maximum Gasteiger partial charge on any atom is 0.129 e. The summed E-state index contributed by atoms with van der Waals surface area (Å²) < 4.78 is 0. The molecule has 0 amide bonds. The third-order valence-electron chi connectivity index (χ3n) is 3.50. The SMILES string of the molecule is Cc1cccc(N2CCc3c(N)cccc3C2)n1. The fourth-order valence-corrected chi connectivity index (χ4v) is 2.54. The molecule has 0 aliphatic carbocycles. The van der Waals surface area contributed by atoms with Crippen molar-refractivity contribution in [1.29, 1.82) is 0 Å². The van der Waals surface area contributed by atoms with Crippen molar-refractivity contribution in [1.82, 2.24) is 4.98 Å². The summed E-state index contributed by atoms with van der Waals surface area (Å²) in [5.41, 5.74) is 10.6. The fraction of sp³-hybridized carbons (Fsp3) is 0.267. The van der Waals surface area contributed by atoms with Gasteiger partial charge in [-0.25, -0.2) is 4.98 Å². The van der Waals surface area contributed by atoms with Gasteiger partial charge in [0.05, 0.1) is 0 Å². The number of hydrogen-bond acceptors (Lipinski definition) is 3. The van der Waals surface area contributed by atoms with E-state index in [2.05, 4.69) is 28.1 Å². The molecule has 0 atom stereocenters. The second kappa shape index (κ2) is 4.33.